The van der Waals surface area contributed by atoms with Crippen molar-refractivity contribution in [1.82, 2.24) is 5.32 Å². The summed E-state index contributed by atoms with van der Waals surface area (Å²) in [6.07, 6.45) is 0.882. The van der Waals surface area contributed by atoms with E-state index in [1.54, 1.807) is 6.07 Å². The number of carbonyl (C=O) groups excluding carboxylic acids is 1. The lowest BCUT2D eigenvalue weighted by Crippen LogP contribution is -2.30. The smallest absolute Gasteiger partial charge is 0.270 e. The largest absolute Gasteiger partial charge is 0.375 e. The fourth-order valence-electron chi connectivity index (χ4n) is 1.26. The number of nitrogens with one attached hydrogen (secondary N) is 2. The van der Waals surface area contributed by atoms with Gasteiger partial charge in [0.25, 0.3) is 5.69 Å². The van der Waals surface area contributed by atoms with Crippen molar-refractivity contribution in [2.24, 2.45) is 0 Å². The molecule has 0 fully saturated rings. The molecule has 0 radical (unpaired) electrons. The second-order valence-electron chi connectivity index (χ2n) is 3.62. The van der Waals surface area contributed by atoms with E-state index in [0.29, 0.717) is 16.7 Å². The first-order valence-electron chi connectivity index (χ1n) is 5.49. The summed E-state index contributed by atoms with van der Waals surface area (Å²) in [7, 11) is 0. The summed E-state index contributed by atoms with van der Waals surface area (Å²) in [5.74, 6) is -0.109. The molecule has 0 saturated heterocycles. The number of halogens is 1. The highest BCUT2D eigenvalue weighted by molar-refractivity contribution is 9.10. The number of carbonyl (C=O) groups is 1. The molecule has 0 aliphatic carbocycles. The number of nitrogens with zero attached hydrogens (tertiary/aromatic N) is 1. The molecule has 0 bridgehead atoms. The summed E-state index contributed by atoms with van der Waals surface area (Å²) in [6.45, 7) is 2.75. The summed E-state index contributed by atoms with van der Waals surface area (Å²) in [5.41, 5.74) is 0.648. The third-order valence-electron chi connectivity index (χ3n) is 2.18. The van der Waals surface area contributed by atoms with Crippen LogP contribution in [0.4, 0.5) is 11.4 Å². The van der Waals surface area contributed by atoms with Gasteiger partial charge in [0.15, 0.2) is 0 Å². The molecule has 0 saturated carbocycles. The van der Waals surface area contributed by atoms with Crippen LogP contribution < -0.4 is 10.6 Å². The Morgan fingerprint density at radius 3 is 2.78 bits per heavy atom. The predicted octanol–water partition coefficient (Wildman–Crippen LogP) is 2.30. The Kier molecular flexibility index (Phi) is 5.57. The van der Waals surface area contributed by atoms with Gasteiger partial charge in [-0.25, -0.2) is 0 Å². The van der Waals surface area contributed by atoms with Crippen LogP contribution in [0.1, 0.15) is 13.3 Å². The van der Waals surface area contributed by atoms with Gasteiger partial charge in [-0.3, -0.25) is 14.9 Å². The maximum atomic E-state index is 11.4. The van der Waals surface area contributed by atoms with Gasteiger partial charge < -0.3 is 10.6 Å². The van der Waals surface area contributed by atoms with Crippen LogP contribution in [0, 0.1) is 10.1 Å². The van der Waals surface area contributed by atoms with Crippen molar-refractivity contribution in [2.75, 3.05) is 18.4 Å². The lowest BCUT2D eigenvalue weighted by Gasteiger charge is -2.08. The maximum Gasteiger partial charge on any atom is 0.270 e. The van der Waals surface area contributed by atoms with Crippen LogP contribution in [0.15, 0.2) is 22.7 Å². The Labute approximate surface area is 113 Å². The molecule has 0 aliphatic heterocycles. The molecule has 0 spiro atoms. The molecule has 1 amide bonds. The number of nitro groups is 1. The Hall–Kier alpha value is -1.63. The first kappa shape index (κ1) is 14.4. The van der Waals surface area contributed by atoms with Crippen molar-refractivity contribution < 1.29 is 9.72 Å². The highest BCUT2D eigenvalue weighted by Crippen LogP contribution is 2.26. The molecule has 98 valence electrons. The van der Waals surface area contributed by atoms with E-state index in [1.165, 1.54) is 12.1 Å². The molecule has 1 aromatic carbocycles. The lowest BCUT2D eigenvalue weighted by molar-refractivity contribution is -0.384. The third kappa shape index (κ3) is 4.33. The Morgan fingerprint density at radius 2 is 2.22 bits per heavy atom. The number of nitro benzene ring substituents is 1. The molecular formula is C11H14BrN3O3. The Morgan fingerprint density at radius 1 is 1.50 bits per heavy atom. The van der Waals surface area contributed by atoms with Gasteiger partial charge in [0.05, 0.1) is 11.5 Å². The van der Waals surface area contributed by atoms with Crippen LogP contribution in [0.2, 0.25) is 0 Å². The van der Waals surface area contributed by atoms with Crippen molar-refractivity contribution in [1.29, 1.82) is 0 Å². The SMILES string of the molecule is CCCNC(=O)CNc1ccc([N+](=O)[O-])cc1Br. The first-order valence-corrected chi connectivity index (χ1v) is 6.28. The van der Waals surface area contributed by atoms with E-state index in [2.05, 4.69) is 26.6 Å². The van der Waals surface area contributed by atoms with Gasteiger partial charge in [0.1, 0.15) is 0 Å². The van der Waals surface area contributed by atoms with Crippen LogP contribution in [0.5, 0.6) is 0 Å². The van der Waals surface area contributed by atoms with Crippen molar-refractivity contribution in [3.63, 3.8) is 0 Å². The van der Waals surface area contributed by atoms with Gasteiger partial charge in [-0.05, 0) is 28.4 Å². The summed E-state index contributed by atoms with van der Waals surface area (Å²) < 4.78 is 0.556. The van der Waals surface area contributed by atoms with Crippen LogP contribution >= 0.6 is 15.9 Å². The monoisotopic (exact) mass is 315 g/mol. The van der Waals surface area contributed by atoms with E-state index < -0.39 is 4.92 Å². The summed E-state index contributed by atoms with van der Waals surface area (Å²) in [5, 5.41) is 16.2. The highest BCUT2D eigenvalue weighted by atomic mass is 79.9. The van der Waals surface area contributed by atoms with Gasteiger partial charge in [0, 0.05) is 28.8 Å². The van der Waals surface area contributed by atoms with Crippen molar-refractivity contribution >= 4 is 33.2 Å². The molecule has 0 aliphatic rings. The number of rotatable bonds is 6. The summed E-state index contributed by atoms with van der Waals surface area (Å²) >= 11 is 3.22. The zero-order valence-corrected chi connectivity index (χ0v) is 11.5. The van der Waals surface area contributed by atoms with E-state index in [-0.39, 0.29) is 18.1 Å². The summed E-state index contributed by atoms with van der Waals surface area (Å²) in [4.78, 5) is 21.4. The Bertz CT molecular complexity index is 451. The lowest BCUT2D eigenvalue weighted by atomic mass is 10.3. The molecule has 7 heteroatoms. The fraction of sp³-hybridized carbons (Fsp3) is 0.364. The van der Waals surface area contributed by atoms with E-state index in [4.69, 9.17) is 0 Å². The van der Waals surface area contributed by atoms with E-state index in [9.17, 15) is 14.9 Å². The molecule has 0 aromatic heterocycles. The van der Waals surface area contributed by atoms with Gasteiger partial charge in [-0.2, -0.15) is 0 Å². The average molecular weight is 316 g/mol. The molecular weight excluding hydrogens is 302 g/mol. The van der Waals surface area contributed by atoms with Gasteiger partial charge in [-0.15, -0.1) is 0 Å². The quantitative estimate of drug-likeness (QED) is 0.623. The number of non-ortho nitro benzene ring substituents is 1. The first-order chi connectivity index (χ1) is 8.54. The zero-order valence-electron chi connectivity index (χ0n) is 9.90. The van der Waals surface area contributed by atoms with E-state index >= 15 is 0 Å². The number of benzene rings is 1. The van der Waals surface area contributed by atoms with Gasteiger partial charge in [-0.1, -0.05) is 6.92 Å². The van der Waals surface area contributed by atoms with Crippen molar-refractivity contribution in [2.45, 2.75) is 13.3 Å². The molecule has 0 heterocycles. The Balaban J connectivity index is 2.58. The molecule has 18 heavy (non-hydrogen) atoms. The number of hydrogen-bond acceptors (Lipinski definition) is 4. The fourth-order valence-corrected chi connectivity index (χ4v) is 1.77. The average Bonchev–Trinajstić information content (AvgIpc) is 2.34. The molecule has 0 atom stereocenters. The molecule has 2 N–H and O–H groups in total. The second-order valence-corrected chi connectivity index (χ2v) is 4.48. The van der Waals surface area contributed by atoms with Crippen molar-refractivity contribution in [3.8, 4) is 0 Å². The van der Waals surface area contributed by atoms with Crippen LogP contribution in [0.25, 0.3) is 0 Å². The third-order valence-corrected chi connectivity index (χ3v) is 2.83. The second kappa shape index (κ2) is 6.95. The minimum atomic E-state index is -0.470. The predicted molar refractivity (Wildman–Crippen MR) is 72.6 cm³/mol. The maximum absolute atomic E-state index is 11.4. The van der Waals surface area contributed by atoms with Gasteiger partial charge >= 0.3 is 0 Å². The number of anilines is 1. The molecule has 1 rings (SSSR count). The summed E-state index contributed by atoms with van der Waals surface area (Å²) in [6, 6.07) is 4.35. The normalized spacial score (nSPS) is 9.89. The minimum Gasteiger partial charge on any atom is -0.375 e. The van der Waals surface area contributed by atoms with Crippen LogP contribution in [-0.4, -0.2) is 23.9 Å². The number of hydrogen-bond donors (Lipinski definition) is 2. The standard InChI is InChI=1S/C11H14BrN3O3/c1-2-5-13-11(16)7-14-10-4-3-8(15(17)18)6-9(10)12/h3-4,6,14H,2,5,7H2,1H3,(H,13,16). The van der Waals surface area contributed by atoms with Crippen molar-refractivity contribution in [3.05, 3.63) is 32.8 Å². The molecule has 6 nitrogen and oxygen atoms in total. The minimum absolute atomic E-state index is 0.00265. The van der Waals surface area contributed by atoms with Crippen LogP contribution in [-0.2, 0) is 4.79 Å². The zero-order chi connectivity index (χ0) is 13.5. The van der Waals surface area contributed by atoms with Gasteiger partial charge in [0.2, 0.25) is 5.91 Å². The topological polar surface area (TPSA) is 84.3 Å². The molecule has 1 aromatic rings. The van der Waals surface area contributed by atoms with E-state index in [1.807, 2.05) is 6.92 Å². The molecule has 0 unspecified atom stereocenters. The number of amides is 1. The van der Waals surface area contributed by atoms with E-state index in [0.717, 1.165) is 6.42 Å². The highest BCUT2D eigenvalue weighted by Gasteiger charge is 2.09. The van der Waals surface area contributed by atoms with Crippen LogP contribution in [0.3, 0.4) is 0 Å².